The lowest BCUT2D eigenvalue weighted by Crippen LogP contribution is -2.13. The molecule has 0 saturated carbocycles. The summed E-state index contributed by atoms with van der Waals surface area (Å²) in [5, 5.41) is 2.86. The van der Waals surface area contributed by atoms with Crippen LogP contribution < -0.4 is 19.5 Å². The number of hydrogen-bond donors (Lipinski definition) is 1. The topological polar surface area (TPSA) is 56.8 Å². The molecule has 0 fully saturated rings. The molecule has 0 radical (unpaired) electrons. The summed E-state index contributed by atoms with van der Waals surface area (Å²) in [5.74, 6) is 2.39. The molecule has 0 spiro atoms. The summed E-state index contributed by atoms with van der Waals surface area (Å²) in [6, 6.07) is 11.4. The number of carbonyl (C=O) groups is 1. The van der Waals surface area contributed by atoms with Crippen molar-refractivity contribution >= 4 is 27.5 Å². The summed E-state index contributed by atoms with van der Waals surface area (Å²) < 4.78 is 17.1. The first-order valence-corrected chi connectivity index (χ1v) is 9.68. The van der Waals surface area contributed by atoms with E-state index >= 15 is 0 Å². The number of amides is 1. The molecule has 5 nitrogen and oxygen atoms in total. The largest absolute Gasteiger partial charge is 0.493 e. The standard InChI is InChI=1S/C21H26BrNO4/c1-14(2)15-7-9-18(17(22)12-15)27-11-5-6-21(24)23-16-8-10-19(25-3)20(13-16)26-4/h7-10,12-14H,5-6,11H2,1-4H3,(H,23,24). The van der Waals surface area contributed by atoms with E-state index in [4.69, 9.17) is 14.2 Å². The Balaban J connectivity index is 1.80. The number of ether oxygens (including phenoxy) is 3. The predicted molar refractivity (Wildman–Crippen MR) is 111 cm³/mol. The van der Waals surface area contributed by atoms with E-state index in [-0.39, 0.29) is 5.91 Å². The van der Waals surface area contributed by atoms with E-state index in [1.165, 1.54) is 5.56 Å². The molecule has 0 aromatic heterocycles. The normalized spacial score (nSPS) is 10.6. The van der Waals surface area contributed by atoms with Crippen LogP contribution in [0, 0.1) is 0 Å². The highest BCUT2D eigenvalue weighted by Gasteiger charge is 2.09. The Hall–Kier alpha value is -2.21. The molecule has 0 heterocycles. The van der Waals surface area contributed by atoms with E-state index in [9.17, 15) is 4.79 Å². The molecule has 2 rings (SSSR count). The Morgan fingerprint density at radius 3 is 2.37 bits per heavy atom. The molecule has 1 amide bonds. The van der Waals surface area contributed by atoms with Crippen LogP contribution in [0.4, 0.5) is 5.69 Å². The number of benzene rings is 2. The van der Waals surface area contributed by atoms with Crippen LogP contribution in [0.15, 0.2) is 40.9 Å². The first-order valence-electron chi connectivity index (χ1n) is 8.88. The maximum atomic E-state index is 12.1. The van der Waals surface area contributed by atoms with Gasteiger partial charge in [0.1, 0.15) is 5.75 Å². The number of methoxy groups -OCH3 is 2. The van der Waals surface area contributed by atoms with E-state index in [0.717, 1.165) is 10.2 Å². The van der Waals surface area contributed by atoms with Gasteiger partial charge in [-0.25, -0.2) is 0 Å². The molecule has 0 bridgehead atoms. The summed E-state index contributed by atoms with van der Waals surface area (Å²) in [6.07, 6.45) is 0.994. The molecule has 2 aromatic rings. The molecule has 0 atom stereocenters. The summed E-state index contributed by atoms with van der Waals surface area (Å²) >= 11 is 3.54. The van der Waals surface area contributed by atoms with E-state index in [1.54, 1.807) is 32.4 Å². The van der Waals surface area contributed by atoms with Gasteiger partial charge in [-0.1, -0.05) is 19.9 Å². The van der Waals surface area contributed by atoms with Gasteiger partial charge >= 0.3 is 0 Å². The molecular weight excluding hydrogens is 410 g/mol. The summed E-state index contributed by atoms with van der Waals surface area (Å²) in [4.78, 5) is 12.1. The zero-order valence-corrected chi connectivity index (χ0v) is 17.8. The van der Waals surface area contributed by atoms with E-state index in [2.05, 4.69) is 47.2 Å². The SMILES string of the molecule is COc1ccc(NC(=O)CCCOc2ccc(C(C)C)cc2Br)cc1OC. The van der Waals surface area contributed by atoms with Crippen molar-refractivity contribution in [1.82, 2.24) is 0 Å². The van der Waals surface area contributed by atoms with Gasteiger partial charge in [0, 0.05) is 18.2 Å². The zero-order chi connectivity index (χ0) is 19.8. The smallest absolute Gasteiger partial charge is 0.224 e. The molecular formula is C21H26BrNO4. The van der Waals surface area contributed by atoms with Gasteiger partial charge in [0.05, 0.1) is 25.3 Å². The number of carbonyl (C=O) groups excluding carboxylic acids is 1. The summed E-state index contributed by atoms with van der Waals surface area (Å²) in [7, 11) is 3.14. The van der Waals surface area contributed by atoms with E-state index in [0.29, 0.717) is 42.6 Å². The van der Waals surface area contributed by atoms with Gasteiger partial charge < -0.3 is 19.5 Å². The number of anilines is 1. The second kappa shape index (κ2) is 10.2. The lowest BCUT2D eigenvalue weighted by molar-refractivity contribution is -0.116. The van der Waals surface area contributed by atoms with Crippen LogP contribution in [0.5, 0.6) is 17.2 Å². The average molecular weight is 436 g/mol. The highest BCUT2D eigenvalue weighted by molar-refractivity contribution is 9.10. The Bertz CT molecular complexity index is 777. The van der Waals surface area contributed by atoms with Gasteiger partial charge in [0.15, 0.2) is 11.5 Å². The maximum Gasteiger partial charge on any atom is 0.224 e. The van der Waals surface area contributed by atoms with Crippen molar-refractivity contribution in [2.24, 2.45) is 0 Å². The van der Waals surface area contributed by atoms with Gasteiger partial charge in [-0.15, -0.1) is 0 Å². The molecule has 0 unspecified atom stereocenters. The number of rotatable bonds is 9. The fraction of sp³-hybridized carbons (Fsp3) is 0.381. The van der Waals surface area contributed by atoms with Gasteiger partial charge in [0.2, 0.25) is 5.91 Å². The van der Waals surface area contributed by atoms with Crippen molar-refractivity contribution in [3.63, 3.8) is 0 Å². The maximum absolute atomic E-state index is 12.1. The van der Waals surface area contributed by atoms with Crippen LogP contribution in [0.2, 0.25) is 0 Å². The third-order valence-electron chi connectivity index (χ3n) is 4.10. The molecule has 6 heteroatoms. The molecule has 146 valence electrons. The molecule has 0 aliphatic rings. The molecule has 2 aromatic carbocycles. The average Bonchev–Trinajstić information content (AvgIpc) is 2.65. The fourth-order valence-corrected chi connectivity index (χ4v) is 3.06. The van der Waals surface area contributed by atoms with Crippen molar-refractivity contribution in [1.29, 1.82) is 0 Å². The van der Waals surface area contributed by atoms with Crippen LogP contribution in [0.25, 0.3) is 0 Å². The van der Waals surface area contributed by atoms with Crippen molar-refractivity contribution in [3.8, 4) is 17.2 Å². The highest BCUT2D eigenvalue weighted by Crippen LogP contribution is 2.30. The zero-order valence-electron chi connectivity index (χ0n) is 16.2. The third-order valence-corrected chi connectivity index (χ3v) is 4.72. The number of nitrogens with one attached hydrogen (secondary N) is 1. The van der Waals surface area contributed by atoms with Crippen LogP contribution in [0.1, 0.15) is 38.2 Å². The van der Waals surface area contributed by atoms with Crippen molar-refractivity contribution in [3.05, 3.63) is 46.4 Å². The molecule has 0 aliphatic carbocycles. The number of hydrogen-bond acceptors (Lipinski definition) is 4. The molecule has 1 N–H and O–H groups in total. The van der Waals surface area contributed by atoms with Gasteiger partial charge in [0.25, 0.3) is 0 Å². The van der Waals surface area contributed by atoms with Crippen LogP contribution in [-0.2, 0) is 4.79 Å². The fourth-order valence-electron chi connectivity index (χ4n) is 2.55. The predicted octanol–water partition coefficient (Wildman–Crippen LogP) is 5.39. The van der Waals surface area contributed by atoms with Gasteiger partial charge in [-0.2, -0.15) is 0 Å². The van der Waals surface area contributed by atoms with Crippen LogP contribution in [-0.4, -0.2) is 26.7 Å². The Morgan fingerprint density at radius 2 is 1.74 bits per heavy atom. The van der Waals surface area contributed by atoms with E-state index in [1.807, 2.05) is 6.07 Å². The molecule has 27 heavy (non-hydrogen) atoms. The number of halogens is 1. The van der Waals surface area contributed by atoms with Crippen molar-refractivity contribution < 1.29 is 19.0 Å². The lowest BCUT2D eigenvalue weighted by Gasteiger charge is -2.12. The molecule has 0 saturated heterocycles. The minimum absolute atomic E-state index is 0.0694. The lowest BCUT2D eigenvalue weighted by atomic mass is 10.0. The third kappa shape index (κ3) is 6.17. The Labute approximate surface area is 169 Å². The minimum atomic E-state index is -0.0694. The summed E-state index contributed by atoms with van der Waals surface area (Å²) in [5.41, 5.74) is 1.93. The molecule has 0 aliphatic heterocycles. The van der Waals surface area contributed by atoms with E-state index < -0.39 is 0 Å². The van der Waals surface area contributed by atoms with Gasteiger partial charge in [-0.05, 0) is 58.1 Å². The second-order valence-corrected chi connectivity index (χ2v) is 7.27. The first-order chi connectivity index (χ1) is 12.9. The Kier molecular flexibility index (Phi) is 7.98. The monoisotopic (exact) mass is 435 g/mol. The van der Waals surface area contributed by atoms with Crippen LogP contribution in [0.3, 0.4) is 0 Å². The van der Waals surface area contributed by atoms with Crippen LogP contribution >= 0.6 is 15.9 Å². The van der Waals surface area contributed by atoms with Gasteiger partial charge in [-0.3, -0.25) is 4.79 Å². The second-order valence-electron chi connectivity index (χ2n) is 6.41. The Morgan fingerprint density at radius 1 is 1.04 bits per heavy atom. The highest BCUT2D eigenvalue weighted by atomic mass is 79.9. The van der Waals surface area contributed by atoms with Crippen molar-refractivity contribution in [2.75, 3.05) is 26.1 Å². The summed E-state index contributed by atoms with van der Waals surface area (Å²) in [6.45, 7) is 4.78. The minimum Gasteiger partial charge on any atom is -0.493 e. The first kappa shape index (κ1) is 21.1. The van der Waals surface area contributed by atoms with Crippen molar-refractivity contribution in [2.45, 2.75) is 32.6 Å². The quantitative estimate of drug-likeness (QED) is 0.536.